The van der Waals surface area contributed by atoms with E-state index < -0.39 is 15.9 Å². The Morgan fingerprint density at radius 2 is 1.70 bits per heavy atom. The Morgan fingerprint density at radius 3 is 2.25 bits per heavy atom. The first kappa shape index (κ1) is 13.9. The Labute approximate surface area is 116 Å². The number of nitrogens with two attached hydrogens (primary N) is 2. The van der Waals surface area contributed by atoms with E-state index in [4.69, 9.17) is 11.5 Å². The van der Waals surface area contributed by atoms with Gasteiger partial charge in [0, 0.05) is 11.3 Å². The van der Waals surface area contributed by atoms with E-state index in [-0.39, 0.29) is 10.5 Å². The average molecular weight is 291 g/mol. The lowest BCUT2D eigenvalue weighted by Gasteiger charge is -2.08. The molecule has 0 aliphatic heterocycles. The molecule has 2 rings (SSSR count). The standard InChI is InChI=1S/C13H13N3O3S/c14-10-2-1-3-11(8-10)16-20(18,19)12-6-4-9(5-7-12)13(15)17/h1-8,16H,14H2,(H2,15,17). The van der Waals surface area contributed by atoms with Gasteiger partial charge in [-0.2, -0.15) is 0 Å². The third kappa shape index (κ3) is 3.07. The number of hydrogen-bond donors (Lipinski definition) is 3. The second kappa shape index (κ2) is 5.22. The third-order valence-corrected chi connectivity index (χ3v) is 3.99. The minimum Gasteiger partial charge on any atom is -0.399 e. The summed E-state index contributed by atoms with van der Waals surface area (Å²) in [5, 5.41) is 0. The number of sulfonamides is 1. The summed E-state index contributed by atoms with van der Waals surface area (Å²) < 4.78 is 26.7. The summed E-state index contributed by atoms with van der Waals surface area (Å²) in [6.07, 6.45) is 0. The molecule has 7 heteroatoms. The number of primary amides is 1. The second-order valence-corrected chi connectivity index (χ2v) is 5.80. The quantitative estimate of drug-likeness (QED) is 0.733. The van der Waals surface area contributed by atoms with Crippen LogP contribution in [0.4, 0.5) is 11.4 Å². The fourth-order valence-electron chi connectivity index (χ4n) is 1.61. The maximum Gasteiger partial charge on any atom is 0.261 e. The van der Waals surface area contributed by atoms with Crippen LogP contribution >= 0.6 is 0 Å². The predicted molar refractivity (Wildman–Crippen MR) is 76.6 cm³/mol. The van der Waals surface area contributed by atoms with E-state index in [0.717, 1.165) is 0 Å². The van der Waals surface area contributed by atoms with Crippen molar-refractivity contribution < 1.29 is 13.2 Å². The average Bonchev–Trinajstić information content (AvgIpc) is 2.38. The van der Waals surface area contributed by atoms with Gasteiger partial charge in [0.05, 0.1) is 10.6 Å². The van der Waals surface area contributed by atoms with Gasteiger partial charge in [-0.05, 0) is 42.5 Å². The molecule has 0 unspecified atom stereocenters. The lowest BCUT2D eigenvalue weighted by atomic mass is 10.2. The van der Waals surface area contributed by atoms with Crippen molar-refractivity contribution in [2.75, 3.05) is 10.5 Å². The molecule has 6 nitrogen and oxygen atoms in total. The number of benzene rings is 2. The molecular formula is C13H13N3O3S. The molecule has 0 spiro atoms. The van der Waals surface area contributed by atoms with Gasteiger partial charge in [-0.3, -0.25) is 9.52 Å². The van der Waals surface area contributed by atoms with E-state index in [1.807, 2.05) is 0 Å². The number of amides is 1. The van der Waals surface area contributed by atoms with Crippen molar-refractivity contribution in [1.29, 1.82) is 0 Å². The number of rotatable bonds is 4. The van der Waals surface area contributed by atoms with Gasteiger partial charge in [0.15, 0.2) is 0 Å². The van der Waals surface area contributed by atoms with Crippen molar-refractivity contribution in [2.24, 2.45) is 5.73 Å². The molecule has 0 fully saturated rings. The number of carbonyl (C=O) groups excluding carboxylic acids is 1. The molecule has 5 N–H and O–H groups in total. The minimum atomic E-state index is -3.73. The minimum absolute atomic E-state index is 0.0323. The molecule has 104 valence electrons. The van der Waals surface area contributed by atoms with Gasteiger partial charge >= 0.3 is 0 Å². The van der Waals surface area contributed by atoms with Gasteiger partial charge in [0.1, 0.15) is 0 Å². The van der Waals surface area contributed by atoms with Crippen molar-refractivity contribution >= 4 is 27.3 Å². The fraction of sp³-hybridized carbons (Fsp3) is 0. The first-order chi connectivity index (χ1) is 9.38. The fourth-order valence-corrected chi connectivity index (χ4v) is 2.66. The van der Waals surface area contributed by atoms with Crippen LogP contribution in [0.5, 0.6) is 0 Å². The zero-order chi connectivity index (χ0) is 14.8. The van der Waals surface area contributed by atoms with Crippen LogP contribution in [-0.2, 0) is 10.0 Å². The molecule has 1 amide bonds. The zero-order valence-electron chi connectivity index (χ0n) is 10.4. The summed E-state index contributed by atoms with van der Waals surface area (Å²) in [4.78, 5) is 11.0. The molecule has 2 aromatic rings. The van der Waals surface area contributed by atoms with Crippen LogP contribution in [0.2, 0.25) is 0 Å². The first-order valence-electron chi connectivity index (χ1n) is 5.67. The molecule has 0 aliphatic carbocycles. The molecule has 0 bridgehead atoms. The smallest absolute Gasteiger partial charge is 0.261 e. The van der Waals surface area contributed by atoms with Gasteiger partial charge in [0.25, 0.3) is 10.0 Å². The predicted octanol–water partition coefficient (Wildman–Crippen LogP) is 1.17. The van der Waals surface area contributed by atoms with Gasteiger partial charge < -0.3 is 11.5 Å². The van der Waals surface area contributed by atoms with E-state index in [2.05, 4.69) is 4.72 Å². The molecule has 20 heavy (non-hydrogen) atoms. The molecule has 0 heterocycles. The van der Waals surface area contributed by atoms with Gasteiger partial charge in [-0.1, -0.05) is 6.07 Å². The Hall–Kier alpha value is -2.54. The summed E-state index contributed by atoms with van der Waals surface area (Å²) in [5.74, 6) is -0.613. The lowest BCUT2D eigenvalue weighted by Crippen LogP contribution is -2.14. The molecule has 2 aromatic carbocycles. The summed E-state index contributed by atoms with van der Waals surface area (Å²) in [6, 6.07) is 11.7. The highest BCUT2D eigenvalue weighted by atomic mass is 32.2. The number of nitrogen functional groups attached to an aromatic ring is 1. The highest BCUT2D eigenvalue weighted by Gasteiger charge is 2.14. The van der Waals surface area contributed by atoms with Crippen LogP contribution in [0.25, 0.3) is 0 Å². The third-order valence-electron chi connectivity index (χ3n) is 2.59. The lowest BCUT2D eigenvalue weighted by molar-refractivity contribution is 0.1000. The molecule has 0 saturated heterocycles. The van der Waals surface area contributed by atoms with Crippen molar-refractivity contribution in [3.8, 4) is 0 Å². The van der Waals surface area contributed by atoms with Crippen molar-refractivity contribution in [2.45, 2.75) is 4.90 Å². The van der Waals surface area contributed by atoms with Crippen LogP contribution in [0.1, 0.15) is 10.4 Å². The Kier molecular flexibility index (Phi) is 3.62. The van der Waals surface area contributed by atoms with Crippen LogP contribution in [0.3, 0.4) is 0 Å². The van der Waals surface area contributed by atoms with E-state index in [9.17, 15) is 13.2 Å². The number of carbonyl (C=O) groups is 1. The molecule has 0 saturated carbocycles. The van der Waals surface area contributed by atoms with Gasteiger partial charge in [-0.25, -0.2) is 8.42 Å². The van der Waals surface area contributed by atoms with Crippen molar-refractivity contribution in [3.05, 3.63) is 54.1 Å². The summed E-state index contributed by atoms with van der Waals surface area (Å²) in [7, 11) is -3.73. The molecule has 0 radical (unpaired) electrons. The summed E-state index contributed by atoms with van der Waals surface area (Å²) in [5.41, 5.74) is 11.7. The Morgan fingerprint density at radius 1 is 1.05 bits per heavy atom. The highest BCUT2D eigenvalue weighted by molar-refractivity contribution is 7.92. The monoisotopic (exact) mass is 291 g/mol. The normalized spacial score (nSPS) is 11.0. The summed E-state index contributed by atoms with van der Waals surface area (Å²) >= 11 is 0. The second-order valence-electron chi connectivity index (χ2n) is 4.12. The molecule has 0 atom stereocenters. The van der Waals surface area contributed by atoms with E-state index in [1.165, 1.54) is 30.3 Å². The molecule has 0 aromatic heterocycles. The number of anilines is 2. The Bertz CT molecular complexity index is 740. The van der Waals surface area contributed by atoms with E-state index >= 15 is 0 Å². The maximum atomic E-state index is 12.1. The maximum absolute atomic E-state index is 12.1. The topological polar surface area (TPSA) is 115 Å². The zero-order valence-corrected chi connectivity index (χ0v) is 11.2. The number of nitrogens with one attached hydrogen (secondary N) is 1. The first-order valence-corrected chi connectivity index (χ1v) is 7.15. The van der Waals surface area contributed by atoms with E-state index in [1.54, 1.807) is 18.2 Å². The van der Waals surface area contributed by atoms with Crippen LogP contribution in [0, 0.1) is 0 Å². The van der Waals surface area contributed by atoms with Crippen molar-refractivity contribution in [1.82, 2.24) is 0 Å². The number of hydrogen-bond acceptors (Lipinski definition) is 4. The van der Waals surface area contributed by atoms with E-state index in [0.29, 0.717) is 11.4 Å². The van der Waals surface area contributed by atoms with Gasteiger partial charge in [-0.15, -0.1) is 0 Å². The summed E-state index contributed by atoms with van der Waals surface area (Å²) in [6.45, 7) is 0. The Balaban J connectivity index is 2.28. The van der Waals surface area contributed by atoms with Crippen LogP contribution in [-0.4, -0.2) is 14.3 Å². The largest absolute Gasteiger partial charge is 0.399 e. The molecule has 0 aliphatic rings. The highest BCUT2D eigenvalue weighted by Crippen LogP contribution is 2.18. The SMILES string of the molecule is NC(=O)c1ccc(S(=O)(=O)Nc2cccc(N)c2)cc1. The van der Waals surface area contributed by atoms with Crippen molar-refractivity contribution in [3.63, 3.8) is 0 Å². The van der Waals surface area contributed by atoms with Crippen LogP contribution < -0.4 is 16.2 Å². The molecular weight excluding hydrogens is 278 g/mol. The van der Waals surface area contributed by atoms with Crippen LogP contribution in [0.15, 0.2) is 53.4 Å². The van der Waals surface area contributed by atoms with Gasteiger partial charge in [0.2, 0.25) is 5.91 Å².